The molecule has 0 unspecified atom stereocenters. The Morgan fingerprint density at radius 1 is 0.369 bits per heavy atom. The monoisotopic (exact) mass is 1790 g/mol. The van der Waals surface area contributed by atoms with Gasteiger partial charge in [0.2, 0.25) is 5.91 Å². The fraction of sp³-hybridized carbons (Fsp3) is 0.807. The van der Waals surface area contributed by atoms with Crippen molar-refractivity contribution in [2.75, 3.05) is 32.2 Å². The highest BCUT2D eigenvalue weighted by Gasteiger charge is 2.68. The Kier molecular flexibility index (Phi) is 25.7. The molecule has 0 radical (unpaired) electrons. The van der Waals surface area contributed by atoms with Gasteiger partial charge >= 0.3 is 0 Å². The Bertz CT molecular complexity index is 4850. The maximum atomic E-state index is 13.6. The minimum atomic E-state index is -0.489. The number of anilines is 2. The van der Waals surface area contributed by atoms with Gasteiger partial charge in [-0.05, 0) is 397 Å². The number of fused-ring (bicyclic) bond motifs is 20. The summed E-state index contributed by atoms with van der Waals surface area (Å²) in [6.45, 7) is 38.9. The predicted octanol–water partition coefficient (Wildman–Crippen LogP) is 19.7. The number of carbonyl (C=O) groups excluding carboxylic acids is 5. The van der Waals surface area contributed by atoms with Gasteiger partial charge in [-0.3, -0.25) is 42.7 Å². The van der Waals surface area contributed by atoms with Gasteiger partial charge in [0.05, 0.1) is 84.7 Å². The minimum absolute atomic E-state index is 0.0925. The van der Waals surface area contributed by atoms with Gasteiger partial charge in [-0.15, -0.1) is 0 Å². The maximum Gasteiger partial charge on any atom is 0.221 e. The van der Waals surface area contributed by atoms with E-state index in [9.17, 15) is 44.4 Å². The van der Waals surface area contributed by atoms with Crippen molar-refractivity contribution < 1.29 is 44.4 Å². The molecule has 1 amide bonds. The summed E-state index contributed by atoms with van der Waals surface area (Å²) < 4.78 is 6.99. The lowest BCUT2D eigenvalue weighted by molar-refractivity contribution is -0.151. The zero-order valence-corrected chi connectivity index (χ0v) is 82.8. The quantitative estimate of drug-likeness (QED) is 0.0517. The predicted molar refractivity (Wildman–Crippen MR) is 512 cm³/mol. The lowest BCUT2D eigenvalue weighted by atomic mass is 9.44. The van der Waals surface area contributed by atoms with E-state index in [4.69, 9.17) is 5.73 Å². The highest BCUT2D eigenvalue weighted by molar-refractivity contribution is 5.88. The number of nitrogens with two attached hydrogens (primary N) is 1. The summed E-state index contributed by atoms with van der Waals surface area (Å²) in [6.07, 6.45) is 55.2. The van der Waals surface area contributed by atoms with E-state index in [2.05, 4.69) is 99.6 Å². The number of nitrogens with zero attached hydrogens (tertiary/aromatic N) is 9. The third-order valence-corrected chi connectivity index (χ3v) is 43.0. The van der Waals surface area contributed by atoms with Crippen LogP contribution in [0.2, 0.25) is 0 Å². The van der Waals surface area contributed by atoms with Crippen molar-refractivity contribution in [2.24, 2.45) is 162 Å². The van der Waals surface area contributed by atoms with Crippen LogP contribution >= 0.6 is 0 Å². The molecule has 16 saturated carbocycles. The van der Waals surface area contributed by atoms with Crippen molar-refractivity contribution >= 4 is 51.8 Å². The van der Waals surface area contributed by atoms with Crippen molar-refractivity contribution in [3.8, 4) is 0 Å². The molecule has 4 aromatic rings. The number of nitrogens with one attached hydrogen (secondary N) is 2. The standard InChI is InChI=1S/C29H45N3O2.C28H43N3O2.C27H41N3O3.C25H39N3O2/c1-19(31(5)6)20-16-30-32(17-20)18-26(33)25-10-9-23-22-8-7-21-15-27(2,34)13-14-28(21,3)24(22)11-12-29(23,25)4;1-18(29-5)19-15-30-31(16-19)17-25(32)24-9-8-22-21-7-6-20-14-26(2,33)12-13-27(20,3)23(21)10-11-28(22,24)4;1-17(31)29-19-14-28-30(15-19)16-24(32)23-8-7-21-20-6-5-18-13-25(2,33)11-12-26(18,3)22(20)9-10-27(21,23)4;1-23(30)10-11-24(2)16(12-23)4-5-18-19-6-7-21(25(19,3)9-8-20(18)24)22(29)15-28-14-17(26)13-27-28/h16-17,21-25,34H,1,7-15,18H2,2-6H3;15-16,20-24,29,33H,1,6-14,17H2,2-5H3;14-15,18,20-23,33H,5-13,16H2,1-4H3,(H,29,31);13-14,16,18-21,30H,4-12,15,26H2,1-3H3/t21-,22+,23+,24+,25-,27-,28+,29+;20-,21+,22+,23+,24-,26-,27+,28+;18-,20+,21+,22+,23-,25-,26+,27+;16-,18+,19+,20+,21-,23-,24+,25+/m1111/s1. The van der Waals surface area contributed by atoms with E-state index in [1.54, 1.807) is 45.0 Å². The molecule has 16 aliphatic rings. The molecule has 4 heterocycles. The number of rotatable bonds is 17. The summed E-state index contributed by atoms with van der Waals surface area (Å²) in [5.74, 6) is 13.1. The van der Waals surface area contributed by atoms with Crippen LogP contribution in [0.3, 0.4) is 0 Å². The van der Waals surface area contributed by atoms with Gasteiger partial charge in [0, 0.05) is 99.0 Å². The van der Waals surface area contributed by atoms with Crippen LogP contribution in [-0.2, 0) is 50.2 Å². The number of carbonyl (C=O) groups is 5. The second kappa shape index (κ2) is 35.1. The number of aliphatic hydroxyl groups is 4. The fourth-order valence-electron chi connectivity index (χ4n) is 35.7. The van der Waals surface area contributed by atoms with Crippen LogP contribution in [0.15, 0.2) is 62.7 Å². The molecule has 16 fully saturated rings. The largest absolute Gasteiger partial charge is 0.396 e. The second-order valence-electron chi connectivity index (χ2n) is 50.5. The number of amides is 1. The summed E-state index contributed by atoms with van der Waals surface area (Å²) in [5.41, 5.74) is 10.8. The molecule has 0 aliphatic heterocycles. The van der Waals surface area contributed by atoms with Crippen molar-refractivity contribution in [1.82, 2.24) is 49.3 Å². The van der Waals surface area contributed by atoms with E-state index < -0.39 is 22.4 Å². The van der Waals surface area contributed by atoms with E-state index in [1.807, 2.05) is 77.0 Å². The van der Waals surface area contributed by atoms with Crippen LogP contribution in [-0.4, -0.2) is 137 Å². The van der Waals surface area contributed by atoms with Gasteiger partial charge in [-0.25, -0.2) is 0 Å². The molecule has 21 nitrogen and oxygen atoms in total. The second-order valence-corrected chi connectivity index (χ2v) is 50.5. The van der Waals surface area contributed by atoms with Gasteiger partial charge in [0.1, 0.15) is 0 Å². The molecule has 21 heteroatoms. The molecule has 16 aliphatic carbocycles. The average Bonchev–Trinajstić information content (AvgIpc) is 1.53. The lowest BCUT2D eigenvalue weighted by Gasteiger charge is -2.61. The van der Waals surface area contributed by atoms with Gasteiger partial charge in [-0.2, -0.15) is 20.4 Å². The molecule has 4 aromatic heterocycles. The Labute approximate surface area is 778 Å². The first-order valence-corrected chi connectivity index (χ1v) is 52.0. The molecule has 718 valence electrons. The zero-order valence-electron chi connectivity index (χ0n) is 82.8. The van der Waals surface area contributed by atoms with Crippen molar-refractivity contribution in [3.63, 3.8) is 0 Å². The number of nitrogen functional groups attached to an aromatic ring is 1. The van der Waals surface area contributed by atoms with E-state index in [0.717, 1.165) is 173 Å². The molecule has 0 bridgehead atoms. The number of hydrogen-bond donors (Lipinski definition) is 7. The van der Waals surface area contributed by atoms with Crippen molar-refractivity contribution in [1.29, 1.82) is 0 Å². The molecule has 0 aromatic carbocycles. The average molecular weight is 1790 g/mol. The number of Topliss-reactive ketones (excluding diaryl/α,β-unsaturated/α-hetero) is 4. The van der Waals surface area contributed by atoms with Crippen molar-refractivity contribution in [3.05, 3.63) is 73.9 Å². The molecule has 20 rings (SSSR count). The summed E-state index contributed by atoms with van der Waals surface area (Å²) in [7, 11) is 5.80. The fourth-order valence-corrected chi connectivity index (χ4v) is 35.7. The molecule has 0 saturated heterocycles. The van der Waals surface area contributed by atoms with Gasteiger partial charge in [0.15, 0.2) is 23.1 Å². The van der Waals surface area contributed by atoms with E-state index in [0.29, 0.717) is 123 Å². The third-order valence-electron chi connectivity index (χ3n) is 43.0. The zero-order chi connectivity index (χ0) is 93.0. The number of ketones is 4. The maximum absolute atomic E-state index is 13.6. The molecular weight excluding hydrogens is 1620 g/mol. The summed E-state index contributed by atoms with van der Waals surface area (Å²) >= 11 is 0. The van der Waals surface area contributed by atoms with E-state index in [1.165, 1.54) is 135 Å². The smallest absolute Gasteiger partial charge is 0.221 e. The Morgan fingerprint density at radius 2 is 0.646 bits per heavy atom. The van der Waals surface area contributed by atoms with Crippen LogP contribution in [0.4, 0.5) is 11.4 Å². The third kappa shape index (κ3) is 17.4. The minimum Gasteiger partial charge on any atom is -0.396 e. The van der Waals surface area contributed by atoms with Crippen LogP contribution in [0.25, 0.3) is 11.4 Å². The highest BCUT2D eigenvalue weighted by atomic mass is 16.3. The van der Waals surface area contributed by atoms with Crippen LogP contribution < -0.4 is 16.4 Å². The summed E-state index contributed by atoms with van der Waals surface area (Å²) in [6, 6.07) is 0. The Morgan fingerprint density at radius 3 is 0.938 bits per heavy atom. The van der Waals surface area contributed by atoms with E-state index >= 15 is 0 Å². The highest BCUT2D eigenvalue weighted by Crippen LogP contribution is 2.74. The normalized spacial score (nSPS) is 45.0. The summed E-state index contributed by atoms with van der Waals surface area (Å²) in [5, 5.41) is 66.1. The van der Waals surface area contributed by atoms with Gasteiger partial charge < -0.3 is 41.7 Å². The Hall–Kier alpha value is -6.29. The van der Waals surface area contributed by atoms with Gasteiger partial charge in [-0.1, -0.05) is 68.5 Å². The molecule has 130 heavy (non-hydrogen) atoms. The van der Waals surface area contributed by atoms with Crippen LogP contribution in [0, 0.1) is 162 Å². The SMILES string of the molecule is C=C(NC)c1cnn(CC(=O)[C@H]2CC[C@H]3[C@@H]4CC[C@@H]5C[C@](C)(O)CC[C@]5(C)[C@H]4CC[C@]23C)c1.C=C(c1cnn(CC(=O)[C@H]2CC[C@H]3[C@@H]4CC[C@@H]5C[C@](C)(O)CC[C@]5(C)[C@H]4CC[C@]23C)c1)N(C)C.CC(=O)Nc1cnn(CC(=O)[C@H]2CC[C@H]3[C@@H]4CC[C@@H]5C[C@](C)(O)CC[C@]5(C)[C@H]4CC[C@]23C)c1.C[C@@]1(O)CC[C@@]2(C)[C@H](CC[C@@H]3[C@@H]2CC[C@]2(C)[C@@H](C(=O)Cn4cc(N)cn4)CC[C@@H]32)C1. The number of aromatic nitrogens is 8. The summed E-state index contributed by atoms with van der Waals surface area (Å²) in [4.78, 5) is 67.1. The molecule has 8 N–H and O–H groups in total. The van der Waals surface area contributed by atoms with Crippen molar-refractivity contribution in [2.45, 2.75) is 370 Å². The number of hydrogen-bond acceptors (Lipinski definition) is 16. The lowest BCUT2D eigenvalue weighted by Crippen LogP contribution is -2.55. The van der Waals surface area contributed by atoms with E-state index in [-0.39, 0.29) is 57.8 Å². The van der Waals surface area contributed by atoms with Crippen LogP contribution in [0.1, 0.15) is 332 Å². The molecule has 32 atom stereocenters. The Balaban J connectivity index is 0.000000122. The molecular formula is C109H168N12O9. The topological polar surface area (TPSA) is 291 Å². The molecule has 0 spiro atoms. The first-order chi connectivity index (χ1) is 61.2. The first kappa shape index (κ1) is 95.4. The first-order valence-electron chi connectivity index (χ1n) is 52.0. The van der Waals surface area contributed by atoms with Gasteiger partial charge in [0.25, 0.3) is 0 Å². The van der Waals surface area contributed by atoms with Crippen LogP contribution in [0.5, 0.6) is 0 Å².